The molecule has 0 saturated heterocycles. The summed E-state index contributed by atoms with van der Waals surface area (Å²) in [6.07, 6.45) is 0.945. The molecule has 3 aromatic rings. The topological polar surface area (TPSA) is 0 Å². The first-order valence-electron chi connectivity index (χ1n) is 6.40. The van der Waals surface area contributed by atoms with E-state index >= 15 is 0 Å². The van der Waals surface area contributed by atoms with Gasteiger partial charge in [0.2, 0.25) is 0 Å². The molecular weight excluding hydrogens is 509 g/mol. The number of hydrogen-bond donors (Lipinski definition) is 0. The Morgan fingerprint density at radius 1 is 0.905 bits per heavy atom. The van der Waals surface area contributed by atoms with Crippen molar-refractivity contribution < 1.29 is 4.39 Å². The van der Waals surface area contributed by atoms with Crippen LogP contribution in [0.2, 0.25) is 0 Å². The molecule has 0 unspecified atom stereocenters. The van der Waals surface area contributed by atoms with Crippen LogP contribution in [0.5, 0.6) is 0 Å². The number of rotatable bonds is 3. The molecule has 2 aromatic carbocycles. The van der Waals surface area contributed by atoms with Gasteiger partial charge in [0.15, 0.2) is 0 Å². The highest BCUT2D eigenvalue weighted by atomic mass is 127. The van der Waals surface area contributed by atoms with Crippen LogP contribution in [0.4, 0.5) is 4.39 Å². The van der Waals surface area contributed by atoms with Gasteiger partial charge in [-0.25, -0.2) is 4.39 Å². The van der Waals surface area contributed by atoms with E-state index in [0.29, 0.717) is 0 Å². The molecule has 0 radical (unpaired) electrons. The Morgan fingerprint density at radius 3 is 2.43 bits per heavy atom. The second-order valence-electron chi connectivity index (χ2n) is 4.69. The fraction of sp³-hybridized carbons (Fsp3) is 0.0588. The summed E-state index contributed by atoms with van der Waals surface area (Å²) in [6, 6.07) is 17.5. The second-order valence-corrected chi connectivity index (χ2v) is 8.26. The van der Waals surface area contributed by atoms with Gasteiger partial charge in [-0.15, -0.1) is 11.3 Å². The smallest absolute Gasteiger partial charge is 0.123 e. The maximum absolute atomic E-state index is 13.0. The van der Waals surface area contributed by atoms with Crippen molar-refractivity contribution >= 4 is 56.5 Å². The van der Waals surface area contributed by atoms with E-state index in [1.165, 1.54) is 34.6 Å². The van der Waals surface area contributed by atoms with Gasteiger partial charge in [-0.3, -0.25) is 0 Å². The molecular formula is C17H11FI2S. The second kappa shape index (κ2) is 6.75. The van der Waals surface area contributed by atoms with Crippen molar-refractivity contribution in [2.45, 2.75) is 6.42 Å². The monoisotopic (exact) mass is 520 g/mol. The highest BCUT2D eigenvalue weighted by Gasteiger charge is 2.07. The van der Waals surface area contributed by atoms with E-state index in [0.717, 1.165) is 12.0 Å². The standard InChI is InChI=1S/C17H11FI2S/c18-13-3-1-11(2-4-13)17-8-6-15(21-17)10-12-9-14(19)5-7-16(12)20/h1-9H,10H2. The number of thiophene rings is 1. The molecule has 0 saturated carbocycles. The van der Waals surface area contributed by atoms with Gasteiger partial charge in [-0.1, -0.05) is 12.1 Å². The first-order chi connectivity index (χ1) is 10.1. The summed E-state index contributed by atoms with van der Waals surface area (Å²) >= 11 is 6.51. The summed E-state index contributed by atoms with van der Waals surface area (Å²) in [5, 5.41) is 0. The molecule has 0 aliphatic rings. The van der Waals surface area contributed by atoms with Gasteiger partial charge < -0.3 is 0 Å². The number of halogens is 3. The highest BCUT2D eigenvalue weighted by Crippen LogP contribution is 2.30. The Kier molecular flexibility index (Phi) is 4.96. The lowest BCUT2D eigenvalue weighted by Gasteiger charge is -2.03. The predicted molar refractivity (Wildman–Crippen MR) is 104 cm³/mol. The van der Waals surface area contributed by atoms with Crippen LogP contribution in [0.15, 0.2) is 54.6 Å². The van der Waals surface area contributed by atoms with Gasteiger partial charge in [-0.05, 0) is 98.8 Å². The Morgan fingerprint density at radius 2 is 1.67 bits per heavy atom. The zero-order chi connectivity index (χ0) is 14.8. The van der Waals surface area contributed by atoms with E-state index in [9.17, 15) is 4.39 Å². The fourth-order valence-corrected chi connectivity index (χ4v) is 4.23. The molecule has 1 heterocycles. The first kappa shape index (κ1) is 15.4. The van der Waals surface area contributed by atoms with E-state index in [1.54, 1.807) is 11.3 Å². The highest BCUT2D eigenvalue weighted by molar-refractivity contribution is 14.1. The Balaban J connectivity index is 1.85. The van der Waals surface area contributed by atoms with Gasteiger partial charge in [0.25, 0.3) is 0 Å². The lowest BCUT2D eigenvalue weighted by molar-refractivity contribution is 0.628. The van der Waals surface area contributed by atoms with Crippen molar-refractivity contribution in [2.24, 2.45) is 0 Å². The maximum atomic E-state index is 13.0. The third-order valence-electron chi connectivity index (χ3n) is 3.16. The van der Waals surface area contributed by atoms with Crippen LogP contribution in [0.1, 0.15) is 10.4 Å². The molecule has 3 rings (SSSR count). The van der Waals surface area contributed by atoms with E-state index in [-0.39, 0.29) is 5.82 Å². The van der Waals surface area contributed by atoms with Gasteiger partial charge in [0.1, 0.15) is 5.82 Å². The average Bonchev–Trinajstić information content (AvgIpc) is 2.92. The molecule has 0 atom stereocenters. The zero-order valence-corrected chi connectivity index (χ0v) is 16.1. The molecule has 4 heteroatoms. The SMILES string of the molecule is Fc1ccc(-c2ccc(Cc3cc(I)ccc3I)s2)cc1. The molecule has 106 valence electrons. The molecule has 21 heavy (non-hydrogen) atoms. The first-order valence-corrected chi connectivity index (χ1v) is 9.38. The van der Waals surface area contributed by atoms with E-state index in [2.05, 4.69) is 75.5 Å². The number of benzene rings is 2. The molecule has 0 N–H and O–H groups in total. The minimum Gasteiger partial charge on any atom is -0.207 e. The fourth-order valence-electron chi connectivity index (χ4n) is 2.11. The van der Waals surface area contributed by atoms with Crippen molar-refractivity contribution in [1.29, 1.82) is 0 Å². The molecule has 1 aromatic heterocycles. The minimum atomic E-state index is -0.191. The Bertz CT molecular complexity index is 763. The molecule has 0 bridgehead atoms. The van der Waals surface area contributed by atoms with E-state index in [4.69, 9.17) is 0 Å². The van der Waals surface area contributed by atoms with Gasteiger partial charge >= 0.3 is 0 Å². The van der Waals surface area contributed by atoms with E-state index in [1.807, 2.05) is 12.1 Å². The van der Waals surface area contributed by atoms with Crippen LogP contribution < -0.4 is 0 Å². The summed E-state index contributed by atoms with van der Waals surface area (Å²) in [6.45, 7) is 0. The molecule has 0 spiro atoms. The quantitative estimate of drug-likeness (QED) is 0.353. The van der Waals surface area contributed by atoms with Crippen LogP contribution in [0.3, 0.4) is 0 Å². The summed E-state index contributed by atoms with van der Waals surface area (Å²) in [5.74, 6) is -0.191. The van der Waals surface area contributed by atoms with Crippen molar-refractivity contribution in [1.82, 2.24) is 0 Å². The summed E-state index contributed by atoms with van der Waals surface area (Å²) in [4.78, 5) is 2.51. The third kappa shape index (κ3) is 3.84. The molecule has 0 amide bonds. The van der Waals surface area contributed by atoms with Crippen molar-refractivity contribution in [3.05, 3.63) is 78.0 Å². The molecule has 0 aliphatic carbocycles. The van der Waals surface area contributed by atoms with Crippen LogP contribution in [0, 0.1) is 13.0 Å². The molecule has 0 fully saturated rings. The summed E-state index contributed by atoms with van der Waals surface area (Å²) in [5.41, 5.74) is 2.43. The lowest BCUT2D eigenvalue weighted by Crippen LogP contribution is -1.90. The maximum Gasteiger partial charge on any atom is 0.123 e. The predicted octanol–water partition coefficient (Wildman–Crippen LogP) is 6.35. The van der Waals surface area contributed by atoms with Crippen LogP contribution >= 0.6 is 56.5 Å². The van der Waals surface area contributed by atoms with Crippen molar-refractivity contribution in [3.8, 4) is 10.4 Å². The van der Waals surface area contributed by atoms with Crippen LogP contribution in [-0.2, 0) is 6.42 Å². The van der Waals surface area contributed by atoms with Crippen molar-refractivity contribution in [3.63, 3.8) is 0 Å². The van der Waals surface area contributed by atoms with Crippen molar-refractivity contribution in [2.75, 3.05) is 0 Å². The largest absolute Gasteiger partial charge is 0.207 e. The zero-order valence-electron chi connectivity index (χ0n) is 10.9. The normalized spacial score (nSPS) is 10.8. The van der Waals surface area contributed by atoms with Gasteiger partial charge in [-0.2, -0.15) is 0 Å². The van der Waals surface area contributed by atoms with Gasteiger partial charge in [0.05, 0.1) is 0 Å². The summed E-state index contributed by atoms with van der Waals surface area (Å²) in [7, 11) is 0. The Labute approximate surface area is 154 Å². The summed E-state index contributed by atoms with van der Waals surface area (Å²) < 4.78 is 15.5. The van der Waals surface area contributed by atoms with Gasteiger partial charge in [0, 0.05) is 23.3 Å². The average molecular weight is 520 g/mol. The van der Waals surface area contributed by atoms with Crippen LogP contribution in [-0.4, -0.2) is 0 Å². The molecule has 0 aliphatic heterocycles. The van der Waals surface area contributed by atoms with E-state index < -0.39 is 0 Å². The molecule has 0 nitrogen and oxygen atoms in total. The third-order valence-corrected chi connectivity index (χ3v) is 6.02. The minimum absolute atomic E-state index is 0.191. The Hall–Kier alpha value is -0.470. The lowest BCUT2D eigenvalue weighted by atomic mass is 10.1. The van der Waals surface area contributed by atoms with Crippen LogP contribution in [0.25, 0.3) is 10.4 Å². The number of hydrogen-bond acceptors (Lipinski definition) is 1.